The Labute approximate surface area is 207 Å². The van der Waals surface area contributed by atoms with E-state index < -0.39 is 0 Å². The third kappa shape index (κ3) is 5.14. The van der Waals surface area contributed by atoms with Gasteiger partial charge in [-0.25, -0.2) is 5.01 Å². The maximum absolute atomic E-state index is 13.4. The van der Waals surface area contributed by atoms with Gasteiger partial charge in [0.05, 0.1) is 16.8 Å². The minimum atomic E-state index is -0.142. The van der Waals surface area contributed by atoms with Gasteiger partial charge in [-0.05, 0) is 55.2 Å². The van der Waals surface area contributed by atoms with E-state index in [1.165, 1.54) is 12.8 Å². The van der Waals surface area contributed by atoms with Gasteiger partial charge in [0.25, 0.3) is 5.91 Å². The average Bonchev–Trinajstić information content (AvgIpc) is 2.96. The van der Waals surface area contributed by atoms with Gasteiger partial charge in [-0.2, -0.15) is 5.10 Å². The van der Waals surface area contributed by atoms with E-state index in [1.807, 2.05) is 28.2 Å². The molecule has 8 heteroatoms. The lowest BCUT2D eigenvalue weighted by Crippen LogP contribution is -2.47. The Kier molecular flexibility index (Phi) is 7.77. The molecule has 2 aromatic rings. The van der Waals surface area contributed by atoms with Crippen molar-refractivity contribution in [3.63, 3.8) is 0 Å². The molecule has 0 unspecified atom stereocenters. The minimum absolute atomic E-state index is 0.0742. The molecular formula is C24H27BrCl2N4O. The summed E-state index contributed by atoms with van der Waals surface area (Å²) in [6.07, 6.45) is 5.38. The van der Waals surface area contributed by atoms with Crippen LogP contribution in [0.2, 0.25) is 10.0 Å². The van der Waals surface area contributed by atoms with Gasteiger partial charge in [-0.1, -0.05) is 71.0 Å². The zero-order valence-corrected chi connectivity index (χ0v) is 21.1. The molecule has 1 amide bonds. The lowest BCUT2D eigenvalue weighted by atomic mass is 9.87. The smallest absolute Gasteiger partial charge is 0.282 e. The first kappa shape index (κ1) is 23.6. The van der Waals surface area contributed by atoms with Gasteiger partial charge in [0.2, 0.25) is 0 Å². The molecule has 0 saturated carbocycles. The molecule has 0 aromatic heterocycles. The van der Waals surface area contributed by atoms with E-state index in [2.05, 4.69) is 40.4 Å². The number of benzene rings is 2. The van der Waals surface area contributed by atoms with Gasteiger partial charge < -0.3 is 0 Å². The van der Waals surface area contributed by atoms with Crippen molar-refractivity contribution in [3.8, 4) is 0 Å². The normalized spacial score (nSPS) is 21.9. The van der Waals surface area contributed by atoms with Gasteiger partial charge in [-0.15, -0.1) is 0 Å². The van der Waals surface area contributed by atoms with E-state index in [4.69, 9.17) is 28.3 Å². The topological polar surface area (TPSA) is 47.9 Å². The number of halogens is 3. The summed E-state index contributed by atoms with van der Waals surface area (Å²) < 4.78 is 1.00. The summed E-state index contributed by atoms with van der Waals surface area (Å²) in [5, 5.41) is 9.83. The number of hydrogen-bond donors (Lipinski definition) is 1. The number of hydrazine groups is 1. The molecule has 0 radical (unpaired) electrons. The van der Waals surface area contributed by atoms with E-state index in [-0.39, 0.29) is 17.9 Å². The van der Waals surface area contributed by atoms with E-state index in [1.54, 1.807) is 12.1 Å². The number of anilines is 1. The van der Waals surface area contributed by atoms with E-state index in [0.29, 0.717) is 15.8 Å². The summed E-state index contributed by atoms with van der Waals surface area (Å²) in [6.45, 7) is 3.84. The number of hydrogen-bond acceptors (Lipinski definition) is 4. The fourth-order valence-corrected chi connectivity index (χ4v) is 5.25. The average molecular weight is 538 g/mol. The first-order valence-corrected chi connectivity index (χ1v) is 12.7. The molecule has 1 fully saturated rings. The van der Waals surface area contributed by atoms with Gasteiger partial charge in [-0.3, -0.25) is 15.2 Å². The molecule has 2 atom stereocenters. The van der Waals surface area contributed by atoms with Gasteiger partial charge in [0, 0.05) is 28.5 Å². The zero-order chi connectivity index (χ0) is 22.7. The summed E-state index contributed by atoms with van der Waals surface area (Å²) in [5.74, 6) is -0.205. The monoisotopic (exact) mass is 536 g/mol. The first-order chi connectivity index (χ1) is 15.5. The number of nitrogens with one attached hydrogen (secondary N) is 1. The van der Waals surface area contributed by atoms with E-state index in [0.717, 1.165) is 48.1 Å². The molecule has 4 rings (SSSR count). The molecule has 2 heterocycles. The lowest BCUT2D eigenvalue weighted by molar-refractivity contribution is -0.119. The second-order valence-corrected chi connectivity index (χ2v) is 10.0. The zero-order valence-electron chi connectivity index (χ0n) is 18.0. The predicted octanol–water partition coefficient (Wildman–Crippen LogP) is 6.61. The van der Waals surface area contributed by atoms with Crippen LogP contribution in [0.25, 0.3) is 0 Å². The second kappa shape index (κ2) is 10.6. The van der Waals surface area contributed by atoms with Crippen LogP contribution in [0, 0.1) is 5.92 Å². The maximum atomic E-state index is 13.4. The summed E-state index contributed by atoms with van der Waals surface area (Å²) in [5.41, 5.74) is 5.47. The second-order valence-electron chi connectivity index (χ2n) is 8.28. The summed E-state index contributed by atoms with van der Waals surface area (Å²) in [6, 6.07) is 13.4. The van der Waals surface area contributed by atoms with Crippen molar-refractivity contribution in [2.75, 3.05) is 18.1 Å². The Hall–Kier alpha value is -1.60. The molecule has 0 spiro atoms. The van der Waals surface area contributed by atoms with Crippen LogP contribution in [0.5, 0.6) is 0 Å². The van der Waals surface area contributed by atoms with Crippen molar-refractivity contribution in [3.05, 3.63) is 62.5 Å². The highest BCUT2D eigenvalue weighted by Gasteiger charge is 2.42. The van der Waals surface area contributed by atoms with Crippen molar-refractivity contribution in [2.24, 2.45) is 11.0 Å². The van der Waals surface area contributed by atoms with Crippen molar-refractivity contribution < 1.29 is 4.79 Å². The first-order valence-electron chi connectivity index (χ1n) is 11.1. The third-order valence-corrected chi connectivity index (χ3v) is 7.18. The molecule has 0 bridgehead atoms. The van der Waals surface area contributed by atoms with Crippen LogP contribution >= 0.6 is 39.1 Å². The Balaban J connectivity index is 1.70. The fraction of sp³-hybridized carbons (Fsp3) is 0.417. The van der Waals surface area contributed by atoms with Crippen molar-refractivity contribution in [1.82, 2.24) is 10.4 Å². The number of carbonyl (C=O) groups excluding carboxylic acids is 1. The van der Waals surface area contributed by atoms with Crippen LogP contribution in [-0.2, 0) is 4.79 Å². The van der Waals surface area contributed by atoms with Crippen LogP contribution in [-0.4, -0.2) is 29.7 Å². The summed E-state index contributed by atoms with van der Waals surface area (Å²) in [4.78, 5) is 13.4. The van der Waals surface area contributed by atoms with Crippen molar-refractivity contribution >= 4 is 56.4 Å². The van der Waals surface area contributed by atoms with Crippen LogP contribution in [0.15, 0.2) is 52.0 Å². The molecule has 0 aliphatic carbocycles. The highest BCUT2D eigenvalue weighted by atomic mass is 79.9. The van der Waals surface area contributed by atoms with Crippen LogP contribution in [0.4, 0.5) is 5.69 Å². The number of amides is 1. The Morgan fingerprint density at radius 1 is 1.09 bits per heavy atom. The SMILES string of the molecule is CC[C@H]1C(C(=O)NN2CCCCCC2)=NN(c2ccc(Cl)cc2Cl)[C@H]1c1ccc(Br)cc1. The van der Waals surface area contributed by atoms with Gasteiger partial charge in [0.1, 0.15) is 5.71 Å². The standard InChI is InChI=1S/C24H27BrCl2N4O/c1-2-19-22(24(32)29-30-13-5-3-4-6-14-30)28-31(21-12-11-18(26)15-20(21)27)23(19)16-7-9-17(25)10-8-16/h7-12,15,19,23H,2-6,13-14H2,1H3,(H,29,32)/t19-,23-/m0/s1. The Bertz CT molecular complexity index is 990. The molecule has 32 heavy (non-hydrogen) atoms. The highest BCUT2D eigenvalue weighted by molar-refractivity contribution is 9.10. The van der Waals surface area contributed by atoms with Gasteiger partial charge in [0.15, 0.2) is 0 Å². The maximum Gasteiger partial charge on any atom is 0.282 e. The molecule has 1 saturated heterocycles. The fourth-order valence-electron chi connectivity index (χ4n) is 4.49. The minimum Gasteiger partial charge on any atom is -0.284 e. The third-order valence-electron chi connectivity index (χ3n) is 6.12. The molecule has 2 aliphatic heterocycles. The predicted molar refractivity (Wildman–Crippen MR) is 135 cm³/mol. The number of hydrazone groups is 1. The van der Waals surface area contributed by atoms with E-state index in [9.17, 15) is 4.79 Å². The molecule has 5 nitrogen and oxygen atoms in total. The Morgan fingerprint density at radius 3 is 2.41 bits per heavy atom. The quantitative estimate of drug-likeness (QED) is 0.467. The molecule has 2 aliphatic rings. The highest BCUT2D eigenvalue weighted by Crippen LogP contribution is 2.43. The molecular weight excluding hydrogens is 511 g/mol. The van der Waals surface area contributed by atoms with E-state index >= 15 is 0 Å². The summed E-state index contributed by atoms with van der Waals surface area (Å²) >= 11 is 16.2. The van der Waals surface area contributed by atoms with Crippen LogP contribution in [0.3, 0.4) is 0 Å². The van der Waals surface area contributed by atoms with Gasteiger partial charge >= 0.3 is 0 Å². The van der Waals surface area contributed by atoms with Crippen molar-refractivity contribution in [1.29, 1.82) is 0 Å². The largest absolute Gasteiger partial charge is 0.284 e. The molecule has 170 valence electrons. The van der Waals surface area contributed by atoms with Crippen LogP contribution in [0.1, 0.15) is 50.6 Å². The number of rotatable bonds is 5. The molecule has 2 aromatic carbocycles. The summed E-state index contributed by atoms with van der Waals surface area (Å²) in [7, 11) is 0. The number of carbonyl (C=O) groups is 1. The van der Waals surface area contributed by atoms with Crippen molar-refractivity contribution in [2.45, 2.75) is 45.1 Å². The number of nitrogens with zero attached hydrogens (tertiary/aromatic N) is 3. The molecule has 1 N–H and O–H groups in total. The Morgan fingerprint density at radius 2 is 1.78 bits per heavy atom. The van der Waals surface area contributed by atoms with Crippen LogP contribution < -0.4 is 10.4 Å². The lowest BCUT2D eigenvalue weighted by Gasteiger charge is -2.29.